The molecule has 1 aromatic carbocycles. The molecule has 110 valence electrons. The van der Waals surface area contributed by atoms with Gasteiger partial charge in [0.1, 0.15) is 0 Å². The summed E-state index contributed by atoms with van der Waals surface area (Å²) in [7, 11) is 3.41. The summed E-state index contributed by atoms with van der Waals surface area (Å²) in [6.45, 7) is 4.78. The van der Waals surface area contributed by atoms with Gasteiger partial charge in [-0.25, -0.2) is 0 Å². The molecule has 1 saturated carbocycles. The van der Waals surface area contributed by atoms with Crippen molar-refractivity contribution in [2.24, 2.45) is 10.9 Å². The van der Waals surface area contributed by atoms with E-state index in [1.165, 1.54) is 6.42 Å². The number of methoxy groups -OCH3 is 1. The number of rotatable bonds is 5. The normalized spacial score (nSPS) is 21.3. The first-order chi connectivity index (χ1) is 9.67. The van der Waals surface area contributed by atoms with E-state index in [9.17, 15) is 0 Å². The summed E-state index contributed by atoms with van der Waals surface area (Å²) in [5.41, 5.74) is 0.927. The number of hydrogen-bond donors (Lipinski definition) is 2. The van der Waals surface area contributed by atoms with Crippen LogP contribution >= 0.6 is 0 Å². The molecule has 0 aromatic heterocycles. The van der Waals surface area contributed by atoms with Crippen LogP contribution in [0.15, 0.2) is 23.2 Å². The lowest BCUT2D eigenvalue weighted by atomic mass is 10.2. The number of benzene rings is 1. The topological polar surface area (TPSA) is 54.9 Å². The van der Waals surface area contributed by atoms with Crippen molar-refractivity contribution in [2.45, 2.75) is 26.3 Å². The van der Waals surface area contributed by atoms with E-state index in [1.807, 2.05) is 25.1 Å². The van der Waals surface area contributed by atoms with E-state index >= 15 is 0 Å². The zero-order chi connectivity index (χ0) is 14.5. The average Bonchev–Trinajstić information content (AvgIpc) is 3.14. The maximum atomic E-state index is 5.57. The standard InChI is InChI=1S/C15H23N3O2/c1-5-20-14-9-11(6-7-13(14)19-4)17-15(16-3)18-12-8-10(12)2/h6-7,9-10,12H,5,8H2,1-4H3,(H2,16,17,18). The number of hydrogen-bond acceptors (Lipinski definition) is 3. The highest BCUT2D eigenvalue weighted by Gasteiger charge is 2.33. The van der Waals surface area contributed by atoms with Gasteiger partial charge in [-0.15, -0.1) is 0 Å². The molecule has 2 rings (SSSR count). The molecule has 0 radical (unpaired) electrons. The van der Waals surface area contributed by atoms with Gasteiger partial charge in [0.25, 0.3) is 0 Å². The van der Waals surface area contributed by atoms with E-state index in [4.69, 9.17) is 9.47 Å². The van der Waals surface area contributed by atoms with Gasteiger partial charge in [-0.3, -0.25) is 4.99 Å². The summed E-state index contributed by atoms with van der Waals surface area (Å²) in [5.74, 6) is 2.97. The van der Waals surface area contributed by atoms with E-state index in [0.29, 0.717) is 12.6 Å². The summed E-state index contributed by atoms with van der Waals surface area (Å²) >= 11 is 0. The molecule has 20 heavy (non-hydrogen) atoms. The van der Waals surface area contributed by atoms with Gasteiger partial charge in [0.05, 0.1) is 13.7 Å². The Morgan fingerprint density at radius 1 is 1.40 bits per heavy atom. The molecule has 0 bridgehead atoms. The molecule has 1 aliphatic carbocycles. The van der Waals surface area contributed by atoms with Gasteiger partial charge in [-0.05, 0) is 31.4 Å². The van der Waals surface area contributed by atoms with Crippen LogP contribution < -0.4 is 20.1 Å². The summed E-state index contributed by atoms with van der Waals surface area (Å²) < 4.78 is 10.8. The van der Waals surface area contributed by atoms with Crippen LogP contribution in [-0.4, -0.2) is 32.8 Å². The summed E-state index contributed by atoms with van der Waals surface area (Å²) in [6.07, 6.45) is 1.20. The first-order valence-electron chi connectivity index (χ1n) is 6.99. The monoisotopic (exact) mass is 277 g/mol. The smallest absolute Gasteiger partial charge is 0.195 e. The second kappa shape index (κ2) is 6.50. The predicted octanol–water partition coefficient (Wildman–Crippen LogP) is 2.49. The molecule has 0 aliphatic heterocycles. The summed E-state index contributed by atoms with van der Waals surface area (Å²) in [6, 6.07) is 6.29. The van der Waals surface area contributed by atoms with E-state index in [1.54, 1.807) is 14.2 Å². The van der Waals surface area contributed by atoms with Crippen LogP contribution in [0.3, 0.4) is 0 Å². The fraction of sp³-hybridized carbons (Fsp3) is 0.533. The number of guanidine groups is 1. The molecule has 0 amide bonds. The van der Waals surface area contributed by atoms with Crippen LogP contribution in [0, 0.1) is 5.92 Å². The van der Waals surface area contributed by atoms with Crippen LogP contribution in [0.5, 0.6) is 11.5 Å². The van der Waals surface area contributed by atoms with Crippen molar-refractivity contribution in [3.63, 3.8) is 0 Å². The molecular weight excluding hydrogens is 254 g/mol. The Labute approximate surface area is 120 Å². The van der Waals surface area contributed by atoms with Crippen molar-refractivity contribution >= 4 is 11.6 Å². The van der Waals surface area contributed by atoms with Crippen molar-refractivity contribution in [2.75, 3.05) is 26.1 Å². The third-order valence-corrected chi connectivity index (χ3v) is 3.38. The Kier molecular flexibility index (Phi) is 4.71. The van der Waals surface area contributed by atoms with Gasteiger partial charge in [-0.2, -0.15) is 0 Å². The average molecular weight is 277 g/mol. The Morgan fingerprint density at radius 3 is 2.70 bits per heavy atom. The van der Waals surface area contributed by atoms with Crippen molar-refractivity contribution in [1.82, 2.24) is 5.32 Å². The lowest BCUT2D eigenvalue weighted by Gasteiger charge is -2.14. The molecule has 5 heteroatoms. The second-order valence-electron chi connectivity index (χ2n) is 4.96. The molecule has 2 unspecified atom stereocenters. The van der Waals surface area contributed by atoms with Gasteiger partial charge in [0.15, 0.2) is 17.5 Å². The molecule has 1 fully saturated rings. The largest absolute Gasteiger partial charge is 0.493 e. The molecule has 0 saturated heterocycles. The first-order valence-corrected chi connectivity index (χ1v) is 6.99. The van der Waals surface area contributed by atoms with Gasteiger partial charge in [0, 0.05) is 24.8 Å². The quantitative estimate of drug-likeness (QED) is 0.641. The van der Waals surface area contributed by atoms with Crippen LogP contribution in [0.4, 0.5) is 5.69 Å². The number of aliphatic imine (C=N–C) groups is 1. The van der Waals surface area contributed by atoms with Crippen molar-refractivity contribution < 1.29 is 9.47 Å². The van der Waals surface area contributed by atoms with Crippen LogP contribution in [0.1, 0.15) is 20.3 Å². The maximum absolute atomic E-state index is 5.57. The minimum absolute atomic E-state index is 0.533. The first kappa shape index (κ1) is 14.5. The van der Waals surface area contributed by atoms with Crippen molar-refractivity contribution in [1.29, 1.82) is 0 Å². The third kappa shape index (κ3) is 3.56. The number of anilines is 1. The Morgan fingerprint density at radius 2 is 2.15 bits per heavy atom. The molecule has 2 atom stereocenters. The van der Waals surface area contributed by atoms with Crippen molar-refractivity contribution in [3.8, 4) is 11.5 Å². The maximum Gasteiger partial charge on any atom is 0.195 e. The molecule has 5 nitrogen and oxygen atoms in total. The SMILES string of the molecule is CCOc1cc(NC(=NC)NC2CC2C)ccc1OC. The molecule has 1 aliphatic rings. The zero-order valence-electron chi connectivity index (χ0n) is 12.6. The highest BCUT2D eigenvalue weighted by atomic mass is 16.5. The molecule has 0 spiro atoms. The highest BCUT2D eigenvalue weighted by molar-refractivity contribution is 5.94. The summed E-state index contributed by atoms with van der Waals surface area (Å²) in [5, 5.41) is 6.66. The fourth-order valence-electron chi connectivity index (χ4n) is 2.01. The van der Waals surface area contributed by atoms with E-state index in [2.05, 4.69) is 22.5 Å². The fourth-order valence-corrected chi connectivity index (χ4v) is 2.01. The molecule has 1 aromatic rings. The van der Waals surface area contributed by atoms with Gasteiger partial charge in [0.2, 0.25) is 0 Å². The lowest BCUT2D eigenvalue weighted by Crippen LogP contribution is -2.33. The lowest BCUT2D eigenvalue weighted by molar-refractivity contribution is 0.311. The van der Waals surface area contributed by atoms with E-state index in [-0.39, 0.29) is 0 Å². The van der Waals surface area contributed by atoms with Crippen molar-refractivity contribution in [3.05, 3.63) is 18.2 Å². The summed E-state index contributed by atoms with van der Waals surface area (Å²) in [4.78, 5) is 4.24. The predicted molar refractivity (Wildman–Crippen MR) is 81.8 cm³/mol. The number of ether oxygens (including phenoxy) is 2. The number of nitrogens with zero attached hydrogens (tertiary/aromatic N) is 1. The van der Waals surface area contributed by atoms with Crippen LogP contribution in [0.25, 0.3) is 0 Å². The van der Waals surface area contributed by atoms with Crippen LogP contribution in [-0.2, 0) is 0 Å². The molecule has 0 heterocycles. The Hall–Kier alpha value is -1.91. The van der Waals surface area contributed by atoms with E-state index in [0.717, 1.165) is 29.1 Å². The minimum Gasteiger partial charge on any atom is -0.493 e. The Balaban J connectivity index is 2.05. The van der Waals surface area contributed by atoms with Crippen LogP contribution in [0.2, 0.25) is 0 Å². The minimum atomic E-state index is 0.533. The van der Waals surface area contributed by atoms with Gasteiger partial charge >= 0.3 is 0 Å². The van der Waals surface area contributed by atoms with Gasteiger partial charge in [-0.1, -0.05) is 6.92 Å². The zero-order valence-corrected chi connectivity index (χ0v) is 12.6. The molecule has 2 N–H and O–H groups in total. The number of nitrogens with one attached hydrogen (secondary N) is 2. The Bertz CT molecular complexity index is 488. The third-order valence-electron chi connectivity index (χ3n) is 3.38. The highest BCUT2D eigenvalue weighted by Crippen LogP contribution is 2.31. The second-order valence-corrected chi connectivity index (χ2v) is 4.96. The van der Waals surface area contributed by atoms with Gasteiger partial charge < -0.3 is 20.1 Å². The molecular formula is C15H23N3O2. The van der Waals surface area contributed by atoms with E-state index < -0.39 is 0 Å².